The number of benzene rings is 1. The highest BCUT2D eigenvalue weighted by Gasteiger charge is 2.16. The van der Waals surface area contributed by atoms with Crippen molar-refractivity contribution in [3.63, 3.8) is 0 Å². The molecule has 8 heteroatoms. The second-order valence-corrected chi connectivity index (χ2v) is 6.12. The minimum absolute atomic E-state index is 0.0139. The van der Waals surface area contributed by atoms with Gasteiger partial charge in [0, 0.05) is 32.4 Å². The number of morpholine rings is 1. The molecule has 2 heterocycles. The Labute approximate surface area is 156 Å². The molecule has 0 spiro atoms. The Bertz CT molecular complexity index is 859. The summed E-state index contributed by atoms with van der Waals surface area (Å²) in [7, 11) is 0. The highest BCUT2D eigenvalue weighted by molar-refractivity contribution is 6.08. The Balaban J connectivity index is 1.62. The summed E-state index contributed by atoms with van der Waals surface area (Å²) >= 11 is 0. The number of aromatic nitrogens is 1. The number of amides is 2. The van der Waals surface area contributed by atoms with Gasteiger partial charge in [-0.1, -0.05) is 12.1 Å². The van der Waals surface area contributed by atoms with Gasteiger partial charge in [-0.25, -0.2) is 0 Å². The van der Waals surface area contributed by atoms with E-state index in [1.165, 1.54) is 12.3 Å². The van der Waals surface area contributed by atoms with Crippen LogP contribution >= 0.6 is 0 Å². The van der Waals surface area contributed by atoms with Crippen LogP contribution in [0.4, 0.5) is 5.69 Å². The van der Waals surface area contributed by atoms with Gasteiger partial charge in [0.25, 0.3) is 17.4 Å². The van der Waals surface area contributed by atoms with Crippen molar-refractivity contribution in [2.24, 2.45) is 0 Å². The van der Waals surface area contributed by atoms with E-state index in [9.17, 15) is 14.4 Å². The van der Waals surface area contributed by atoms with Crippen LogP contribution in [0.1, 0.15) is 20.7 Å². The number of hydrogen-bond acceptors (Lipinski definition) is 5. The smallest absolute Gasteiger partial charge is 0.261 e. The van der Waals surface area contributed by atoms with Crippen molar-refractivity contribution in [1.29, 1.82) is 0 Å². The fourth-order valence-corrected chi connectivity index (χ4v) is 2.83. The van der Waals surface area contributed by atoms with Gasteiger partial charge in [0.05, 0.1) is 24.5 Å². The SMILES string of the molecule is O=C(NCCN1CCOCC1)c1ccccc1NC(=O)c1ccc[nH]c1=O. The van der Waals surface area contributed by atoms with E-state index in [1.54, 1.807) is 30.3 Å². The summed E-state index contributed by atoms with van der Waals surface area (Å²) in [4.78, 5) is 41.3. The standard InChI is InChI=1S/C19H22N4O4/c24-17(21-8-9-23-10-12-27-13-11-23)14-4-1-2-6-16(14)22-19(26)15-5-3-7-20-18(15)25/h1-7H,8-13H2,(H,20,25)(H,21,24)(H,22,26). The number of para-hydroxylation sites is 1. The van der Waals surface area contributed by atoms with E-state index in [2.05, 4.69) is 20.5 Å². The lowest BCUT2D eigenvalue weighted by Crippen LogP contribution is -2.41. The van der Waals surface area contributed by atoms with Crippen LogP contribution in [0.15, 0.2) is 47.4 Å². The Hall–Kier alpha value is -2.97. The number of aromatic amines is 1. The van der Waals surface area contributed by atoms with Crippen molar-refractivity contribution < 1.29 is 14.3 Å². The monoisotopic (exact) mass is 370 g/mol. The molecule has 0 atom stereocenters. The van der Waals surface area contributed by atoms with Gasteiger partial charge in [-0.15, -0.1) is 0 Å². The van der Waals surface area contributed by atoms with E-state index in [0.717, 1.165) is 19.6 Å². The molecule has 0 radical (unpaired) electrons. The van der Waals surface area contributed by atoms with Crippen molar-refractivity contribution in [3.05, 3.63) is 64.1 Å². The molecular weight excluding hydrogens is 348 g/mol. The molecule has 2 aromatic rings. The molecule has 1 fully saturated rings. The van der Waals surface area contributed by atoms with E-state index in [4.69, 9.17) is 4.74 Å². The summed E-state index contributed by atoms with van der Waals surface area (Å²) in [6, 6.07) is 9.71. The molecule has 1 saturated heterocycles. The van der Waals surface area contributed by atoms with Crippen LogP contribution in [-0.2, 0) is 4.74 Å². The molecule has 142 valence electrons. The van der Waals surface area contributed by atoms with Gasteiger partial charge in [0.15, 0.2) is 0 Å². The summed E-state index contributed by atoms with van der Waals surface area (Å²) in [6.45, 7) is 4.37. The number of H-pyrrole nitrogens is 1. The number of anilines is 1. The topological polar surface area (TPSA) is 104 Å². The number of ether oxygens (including phenoxy) is 1. The zero-order valence-corrected chi connectivity index (χ0v) is 14.9. The molecule has 0 bridgehead atoms. The fraction of sp³-hybridized carbons (Fsp3) is 0.316. The van der Waals surface area contributed by atoms with Gasteiger partial charge in [0.1, 0.15) is 5.56 Å². The average Bonchev–Trinajstić information content (AvgIpc) is 2.69. The molecule has 8 nitrogen and oxygen atoms in total. The van der Waals surface area contributed by atoms with Crippen molar-refractivity contribution in [1.82, 2.24) is 15.2 Å². The maximum atomic E-state index is 12.5. The molecule has 1 aromatic carbocycles. The van der Waals surface area contributed by atoms with E-state index in [1.807, 2.05) is 0 Å². The highest BCUT2D eigenvalue weighted by atomic mass is 16.5. The normalized spacial score (nSPS) is 14.5. The number of carbonyl (C=O) groups excluding carboxylic acids is 2. The Morgan fingerprint density at radius 1 is 1.04 bits per heavy atom. The Morgan fingerprint density at radius 2 is 1.78 bits per heavy atom. The molecule has 0 unspecified atom stereocenters. The number of rotatable bonds is 6. The second-order valence-electron chi connectivity index (χ2n) is 6.12. The van der Waals surface area contributed by atoms with Crippen molar-refractivity contribution >= 4 is 17.5 Å². The zero-order chi connectivity index (χ0) is 19.1. The third-order valence-corrected chi connectivity index (χ3v) is 4.30. The summed E-state index contributed by atoms with van der Waals surface area (Å²) < 4.78 is 5.30. The first-order valence-corrected chi connectivity index (χ1v) is 8.81. The van der Waals surface area contributed by atoms with Crippen molar-refractivity contribution in [2.45, 2.75) is 0 Å². The first kappa shape index (κ1) is 18.8. The van der Waals surface area contributed by atoms with Crippen LogP contribution in [0.5, 0.6) is 0 Å². The molecule has 1 aromatic heterocycles. The predicted octanol–water partition coefficient (Wildman–Crippen LogP) is 0.689. The Morgan fingerprint density at radius 3 is 2.56 bits per heavy atom. The lowest BCUT2D eigenvalue weighted by molar-refractivity contribution is 0.0383. The molecule has 0 aliphatic carbocycles. The molecule has 27 heavy (non-hydrogen) atoms. The largest absolute Gasteiger partial charge is 0.379 e. The average molecular weight is 370 g/mol. The lowest BCUT2D eigenvalue weighted by atomic mass is 10.1. The quantitative estimate of drug-likeness (QED) is 0.694. The number of nitrogens with one attached hydrogen (secondary N) is 3. The van der Waals surface area contributed by atoms with Crippen LogP contribution in [0.25, 0.3) is 0 Å². The summed E-state index contributed by atoms with van der Waals surface area (Å²) in [6.07, 6.45) is 1.45. The number of nitrogens with zero attached hydrogens (tertiary/aromatic N) is 1. The fourth-order valence-electron chi connectivity index (χ4n) is 2.83. The minimum atomic E-state index is -0.564. The number of carbonyl (C=O) groups is 2. The molecule has 1 aliphatic rings. The van der Waals surface area contributed by atoms with Crippen molar-refractivity contribution in [3.8, 4) is 0 Å². The van der Waals surface area contributed by atoms with Gasteiger partial charge in [-0.2, -0.15) is 0 Å². The van der Waals surface area contributed by atoms with Crippen LogP contribution in [0.3, 0.4) is 0 Å². The van der Waals surface area contributed by atoms with Gasteiger partial charge >= 0.3 is 0 Å². The second kappa shape index (κ2) is 9.11. The number of hydrogen-bond donors (Lipinski definition) is 3. The first-order valence-electron chi connectivity index (χ1n) is 8.81. The van der Waals surface area contributed by atoms with Crippen LogP contribution in [0, 0.1) is 0 Å². The van der Waals surface area contributed by atoms with Crippen LogP contribution in [0.2, 0.25) is 0 Å². The third kappa shape index (κ3) is 5.02. The summed E-state index contributed by atoms with van der Waals surface area (Å²) in [5.41, 5.74) is 0.206. The summed E-state index contributed by atoms with van der Waals surface area (Å²) in [5.74, 6) is -0.841. The number of pyridine rings is 1. The first-order chi connectivity index (χ1) is 13.1. The van der Waals surface area contributed by atoms with E-state index in [-0.39, 0.29) is 11.5 Å². The molecule has 1 aliphatic heterocycles. The van der Waals surface area contributed by atoms with E-state index < -0.39 is 11.5 Å². The van der Waals surface area contributed by atoms with Gasteiger partial charge in [-0.3, -0.25) is 19.3 Å². The molecule has 3 rings (SSSR count). The lowest BCUT2D eigenvalue weighted by Gasteiger charge is -2.26. The van der Waals surface area contributed by atoms with Gasteiger partial charge < -0.3 is 20.4 Å². The maximum absolute atomic E-state index is 12.5. The van der Waals surface area contributed by atoms with Gasteiger partial charge in [-0.05, 0) is 24.3 Å². The minimum Gasteiger partial charge on any atom is -0.379 e. The molecule has 0 saturated carbocycles. The highest BCUT2D eigenvalue weighted by Crippen LogP contribution is 2.15. The molecule has 2 amide bonds. The maximum Gasteiger partial charge on any atom is 0.261 e. The zero-order valence-electron chi connectivity index (χ0n) is 14.9. The van der Waals surface area contributed by atoms with Crippen LogP contribution < -0.4 is 16.2 Å². The van der Waals surface area contributed by atoms with E-state index in [0.29, 0.717) is 31.0 Å². The third-order valence-electron chi connectivity index (χ3n) is 4.30. The van der Waals surface area contributed by atoms with Crippen LogP contribution in [-0.4, -0.2) is 61.1 Å². The Kier molecular flexibility index (Phi) is 6.35. The predicted molar refractivity (Wildman–Crippen MR) is 101 cm³/mol. The van der Waals surface area contributed by atoms with Gasteiger partial charge in [0.2, 0.25) is 0 Å². The van der Waals surface area contributed by atoms with Crippen molar-refractivity contribution in [2.75, 3.05) is 44.7 Å². The van der Waals surface area contributed by atoms with E-state index >= 15 is 0 Å². The molecular formula is C19H22N4O4. The summed E-state index contributed by atoms with van der Waals surface area (Å²) in [5, 5.41) is 5.51. The molecule has 3 N–H and O–H groups in total.